The number of para-hydroxylation sites is 1. The van der Waals surface area contributed by atoms with Crippen molar-refractivity contribution >= 4 is 10.9 Å². The fourth-order valence-corrected chi connectivity index (χ4v) is 4.42. The van der Waals surface area contributed by atoms with Crippen LogP contribution in [0.4, 0.5) is 0 Å². The van der Waals surface area contributed by atoms with Gasteiger partial charge in [-0.25, -0.2) is 0 Å². The van der Waals surface area contributed by atoms with E-state index in [1.54, 1.807) is 12.1 Å². The van der Waals surface area contributed by atoms with Crippen LogP contribution in [0.15, 0.2) is 66.9 Å². The highest BCUT2D eigenvalue weighted by Gasteiger charge is 2.25. The van der Waals surface area contributed by atoms with Crippen molar-refractivity contribution < 1.29 is 20.1 Å². The molecule has 6 heteroatoms. The molecule has 0 aliphatic carbocycles. The minimum Gasteiger partial charge on any atom is -0.508 e. The minimum atomic E-state index is -0.999. The third-order valence-corrected chi connectivity index (χ3v) is 6.06. The Morgan fingerprint density at radius 2 is 1.84 bits per heavy atom. The quantitative estimate of drug-likeness (QED) is 0.288. The number of phenols is 1. The predicted molar refractivity (Wildman–Crippen MR) is 124 cm³/mol. The number of rotatable bonds is 7. The normalized spacial score (nSPS) is 14.8. The summed E-state index contributed by atoms with van der Waals surface area (Å²) in [5, 5.41) is 35.0. The largest absolute Gasteiger partial charge is 0.508 e. The van der Waals surface area contributed by atoms with Crippen LogP contribution in [0.1, 0.15) is 22.9 Å². The number of aliphatic hydroxyl groups is 2. The average molecular weight is 431 g/mol. The number of ether oxygens (including phenoxy) is 1. The summed E-state index contributed by atoms with van der Waals surface area (Å²) in [5.74, 6) is 0.916. The summed E-state index contributed by atoms with van der Waals surface area (Å²) >= 11 is 0. The average Bonchev–Trinajstić information content (AvgIpc) is 3.45. The summed E-state index contributed by atoms with van der Waals surface area (Å²) in [6.45, 7) is 0.462. The Morgan fingerprint density at radius 3 is 2.66 bits per heavy atom. The summed E-state index contributed by atoms with van der Waals surface area (Å²) in [4.78, 5) is 3.26. The Bertz CT molecular complexity index is 1230. The van der Waals surface area contributed by atoms with Gasteiger partial charge in [0.1, 0.15) is 17.7 Å². The SMILES string of the molecule is OC[C@@H](Cc1c[nH]c2ccccc12)NC(O)c1cc(-c2ccc(O)cc2)cc2c1OCC2. The molecule has 0 amide bonds. The number of phenolic OH excluding ortho intramolecular Hbond substituents is 1. The highest BCUT2D eigenvalue weighted by Crippen LogP contribution is 2.37. The number of aromatic hydroxyl groups is 1. The van der Waals surface area contributed by atoms with Crippen molar-refractivity contribution in [2.45, 2.75) is 25.1 Å². The zero-order valence-corrected chi connectivity index (χ0v) is 17.6. The number of hydrogen-bond donors (Lipinski definition) is 5. The van der Waals surface area contributed by atoms with E-state index >= 15 is 0 Å². The van der Waals surface area contributed by atoms with Crippen LogP contribution >= 0.6 is 0 Å². The fraction of sp³-hybridized carbons (Fsp3) is 0.231. The Labute approximate surface area is 186 Å². The first kappa shape index (κ1) is 20.6. The molecule has 1 aliphatic rings. The molecule has 3 aromatic carbocycles. The molecule has 4 aromatic rings. The molecule has 5 N–H and O–H groups in total. The fourth-order valence-electron chi connectivity index (χ4n) is 4.42. The lowest BCUT2D eigenvalue weighted by Crippen LogP contribution is -2.37. The minimum absolute atomic E-state index is 0.114. The molecule has 164 valence electrons. The summed E-state index contributed by atoms with van der Waals surface area (Å²) in [5.41, 5.74) is 5.72. The number of nitrogens with one attached hydrogen (secondary N) is 2. The highest BCUT2D eigenvalue weighted by atomic mass is 16.5. The van der Waals surface area contributed by atoms with Crippen LogP contribution in [0.25, 0.3) is 22.0 Å². The maximum Gasteiger partial charge on any atom is 0.135 e. The van der Waals surface area contributed by atoms with Gasteiger partial charge in [0, 0.05) is 35.1 Å². The molecule has 1 aliphatic heterocycles. The van der Waals surface area contributed by atoms with Crippen molar-refractivity contribution in [1.82, 2.24) is 10.3 Å². The second-order valence-electron chi connectivity index (χ2n) is 8.21. The van der Waals surface area contributed by atoms with Gasteiger partial charge in [0.2, 0.25) is 0 Å². The number of H-pyrrole nitrogens is 1. The summed E-state index contributed by atoms with van der Waals surface area (Å²) in [6, 6.07) is 18.7. The van der Waals surface area contributed by atoms with Crippen LogP contribution in [0.5, 0.6) is 11.5 Å². The molecule has 0 radical (unpaired) electrons. The zero-order valence-electron chi connectivity index (χ0n) is 17.6. The van der Waals surface area contributed by atoms with Crippen molar-refractivity contribution in [3.05, 3.63) is 83.6 Å². The zero-order chi connectivity index (χ0) is 22.1. The van der Waals surface area contributed by atoms with Crippen LogP contribution in [-0.4, -0.2) is 39.6 Å². The van der Waals surface area contributed by atoms with Crippen LogP contribution in [0.2, 0.25) is 0 Å². The maximum absolute atomic E-state index is 11.1. The first-order valence-electron chi connectivity index (χ1n) is 10.8. The van der Waals surface area contributed by atoms with E-state index in [2.05, 4.69) is 16.4 Å². The molecular formula is C26H26N2O4. The van der Waals surface area contributed by atoms with Gasteiger partial charge < -0.3 is 25.0 Å². The van der Waals surface area contributed by atoms with E-state index in [4.69, 9.17) is 4.74 Å². The lowest BCUT2D eigenvalue weighted by atomic mass is 9.97. The summed E-state index contributed by atoms with van der Waals surface area (Å²) in [7, 11) is 0. The molecule has 6 nitrogen and oxygen atoms in total. The van der Waals surface area contributed by atoms with E-state index in [9.17, 15) is 15.3 Å². The van der Waals surface area contributed by atoms with Crippen LogP contribution in [0, 0.1) is 0 Å². The van der Waals surface area contributed by atoms with Crippen LogP contribution in [0.3, 0.4) is 0 Å². The van der Waals surface area contributed by atoms with Gasteiger partial charge in [-0.1, -0.05) is 30.3 Å². The summed E-state index contributed by atoms with van der Waals surface area (Å²) < 4.78 is 5.83. The predicted octanol–water partition coefficient (Wildman–Crippen LogP) is 3.66. The molecule has 5 rings (SSSR count). The van der Waals surface area contributed by atoms with Gasteiger partial charge in [0.25, 0.3) is 0 Å². The highest BCUT2D eigenvalue weighted by molar-refractivity contribution is 5.83. The van der Waals surface area contributed by atoms with Crippen molar-refractivity contribution in [1.29, 1.82) is 0 Å². The molecule has 0 bridgehead atoms. The third-order valence-electron chi connectivity index (χ3n) is 6.06. The molecule has 0 spiro atoms. The molecule has 2 atom stereocenters. The van der Waals surface area contributed by atoms with Gasteiger partial charge in [0.05, 0.1) is 13.2 Å². The Kier molecular flexibility index (Phi) is 5.57. The van der Waals surface area contributed by atoms with Gasteiger partial charge in [-0.3, -0.25) is 5.32 Å². The van der Waals surface area contributed by atoms with E-state index < -0.39 is 6.23 Å². The molecular weight excluding hydrogens is 404 g/mol. The third kappa shape index (κ3) is 3.96. The Balaban J connectivity index is 1.41. The molecule has 0 saturated carbocycles. The van der Waals surface area contributed by atoms with Gasteiger partial charge in [-0.2, -0.15) is 0 Å². The lowest BCUT2D eigenvalue weighted by molar-refractivity contribution is 0.102. The number of benzene rings is 3. The number of aliphatic hydroxyl groups excluding tert-OH is 2. The Morgan fingerprint density at radius 1 is 1.03 bits per heavy atom. The molecule has 1 unspecified atom stereocenters. The molecule has 32 heavy (non-hydrogen) atoms. The lowest BCUT2D eigenvalue weighted by Gasteiger charge is -2.23. The van der Waals surface area contributed by atoms with Gasteiger partial charge in [-0.05, 0) is 59.0 Å². The molecule has 1 aromatic heterocycles. The van der Waals surface area contributed by atoms with Crippen molar-refractivity contribution in [3.63, 3.8) is 0 Å². The van der Waals surface area contributed by atoms with Crippen molar-refractivity contribution in [2.75, 3.05) is 13.2 Å². The summed E-state index contributed by atoms with van der Waals surface area (Å²) in [6.07, 6.45) is 2.30. The molecule has 0 fully saturated rings. The number of hydrogen-bond acceptors (Lipinski definition) is 5. The monoisotopic (exact) mass is 430 g/mol. The topological polar surface area (TPSA) is 97.7 Å². The second-order valence-corrected chi connectivity index (χ2v) is 8.21. The van der Waals surface area contributed by atoms with Gasteiger partial charge in [0.15, 0.2) is 0 Å². The van der Waals surface area contributed by atoms with E-state index in [0.29, 0.717) is 24.3 Å². The van der Waals surface area contributed by atoms with Gasteiger partial charge >= 0.3 is 0 Å². The molecule has 0 saturated heterocycles. The number of aromatic nitrogens is 1. The maximum atomic E-state index is 11.1. The number of aromatic amines is 1. The number of fused-ring (bicyclic) bond motifs is 2. The van der Waals surface area contributed by atoms with E-state index in [0.717, 1.165) is 39.6 Å². The first-order chi connectivity index (χ1) is 15.6. The second kappa shape index (κ2) is 8.67. The van der Waals surface area contributed by atoms with E-state index in [1.165, 1.54) is 0 Å². The van der Waals surface area contributed by atoms with E-state index in [1.807, 2.05) is 48.7 Å². The molecule has 2 heterocycles. The van der Waals surface area contributed by atoms with Crippen LogP contribution in [-0.2, 0) is 12.8 Å². The Hall–Kier alpha value is -3.32. The van der Waals surface area contributed by atoms with Crippen molar-refractivity contribution in [2.24, 2.45) is 0 Å². The first-order valence-corrected chi connectivity index (χ1v) is 10.8. The van der Waals surface area contributed by atoms with Gasteiger partial charge in [-0.15, -0.1) is 0 Å². The van der Waals surface area contributed by atoms with Crippen molar-refractivity contribution in [3.8, 4) is 22.6 Å². The smallest absolute Gasteiger partial charge is 0.135 e. The van der Waals surface area contributed by atoms with Crippen LogP contribution < -0.4 is 10.1 Å². The van der Waals surface area contributed by atoms with E-state index in [-0.39, 0.29) is 18.4 Å². The standard InChI is InChI=1S/C26H26N2O4/c29-15-20(12-19-14-27-24-4-2-1-3-22(19)24)28-26(31)23-13-18(11-17-9-10-32-25(17)23)16-5-7-21(30)8-6-16/h1-8,11,13-14,20,26-31H,9-10,12,15H2/t20-,26?/m1/s1.